The van der Waals surface area contributed by atoms with Crippen LogP contribution in [0.3, 0.4) is 0 Å². The van der Waals surface area contributed by atoms with Crippen molar-refractivity contribution in [3.8, 4) is 16.5 Å². The third kappa shape index (κ3) is 4.35. The van der Waals surface area contributed by atoms with Crippen molar-refractivity contribution < 1.29 is 4.42 Å². The van der Waals surface area contributed by atoms with Crippen LogP contribution in [0.1, 0.15) is 30.8 Å². The Morgan fingerprint density at radius 2 is 1.87 bits per heavy atom. The molecule has 30 heavy (non-hydrogen) atoms. The molecule has 5 rings (SSSR count). The van der Waals surface area contributed by atoms with Gasteiger partial charge in [0.25, 0.3) is 0 Å². The highest BCUT2D eigenvalue weighted by Gasteiger charge is 2.19. The molecule has 4 heterocycles. The second-order valence-corrected chi connectivity index (χ2v) is 9.12. The molecule has 0 spiro atoms. The van der Waals surface area contributed by atoms with Gasteiger partial charge >= 0.3 is 0 Å². The van der Waals surface area contributed by atoms with Gasteiger partial charge in [-0.2, -0.15) is 0 Å². The highest BCUT2D eigenvalue weighted by atomic mass is 32.2. The van der Waals surface area contributed by atoms with E-state index >= 15 is 0 Å². The number of thioether (sulfide) groups is 1. The lowest BCUT2D eigenvalue weighted by Crippen LogP contribution is -2.30. The Kier molecular flexibility index (Phi) is 5.96. The van der Waals surface area contributed by atoms with Gasteiger partial charge < -0.3 is 4.42 Å². The molecule has 1 fully saturated rings. The second kappa shape index (κ2) is 9.16. The number of nitrogens with zero attached hydrogens (tertiary/aromatic N) is 5. The summed E-state index contributed by atoms with van der Waals surface area (Å²) in [4.78, 5) is 7.19. The minimum atomic E-state index is 0.742. The summed E-state index contributed by atoms with van der Waals surface area (Å²) in [5, 5.41) is 13.0. The van der Waals surface area contributed by atoms with Crippen molar-refractivity contribution in [1.29, 1.82) is 0 Å². The van der Waals surface area contributed by atoms with Crippen molar-refractivity contribution in [1.82, 2.24) is 24.6 Å². The number of likely N-dealkylation sites (tertiary alicyclic amines) is 1. The van der Waals surface area contributed by atoms with Crippen molar-refractivity contribution in [3.05, 3.63) is 65.6 Å². The van der Waals surface area contributed by atoms with E-state index in [4.69, 9.17) is 9.40 Å². The smallest absolute Gasteiger partial charge is 0.196 e. The molecular weight excluding hydrogens is 414 g/mol. The van der Waals surface area contributed by atoms with E-state index in [9.17, 15) is 0 Å². The second-order valence-electron chi connectivity index (χ2n) is 7.32. The minimum absolute atomic E-state index is 0.742. The summed E-state index contributed by atoms with van der Waals surface area (Å²) in [6, 6.07) is 14.2. The number of rotatable bonds is 7. The maximum atomic E-state index is 5.46. The Bertz CT molecular complexity index is 1070. The molecule has 8 heteroatoms. The van der Waals surface area contributed by atoms with Gasteiger partial charge in [0, 0.05) is 16.8 Å². The molecule has 1 saturated heterocycles. The van der Waals surface area contributed by atoms with Gasteiger partial charge in [-0.25, -0.2) is 4.98 Å². The number of piperidine rings is 1. The molecule has 0 bridgehead atoms. The molecule has 0 atom stereocenters. The monoisotopic (exact) mass is 437 g/mol. The summed E-state index contributed by atoms with van der Waals surface area (Å²) in [6.07, 6.45) is 5.54. The molecule has 1 aliphatic heterocycles. The molecular formula is C22H23N5OS2. The van der Waals surface area contributed by atoms with E-state index in [1.165, 1.54) is 19.3 Å². The number of benzene rings is 1. The van der Waals surface area contributed by atoms with Crippen LogP contribution < -0.4 is 0 Å². The maximum Gasteiger partial charge on any atom is 0.196 e. The predicted molar refractivity (Wildman–Crippen MR) is 120 cm³/mol. The average Bonchev–Trinajstić information content (AvgIpc) is 3.54. The first-order chi connectivity index (χ1) is 14.9. The Balaban J connectivity index is 1.36. The molecule has 1 aliphatic rings. The van der Waals surface area contributed by atoms with E-state index in [-0.39, 0.29) is 0 Å². The zero-order valence-corrected chi connectivity index (χ0v) is 18.2. The Hall–Kier alpha value is -2.42. The first kappa shape index (κ1) is 19.5. The fourth-order valence-electron chi connectivity index (χ4n) is 3.68. The lowest BCUT2D eigenvalue weighted by atomic mass is 10.1. The van der Waals surface area contributed by atoms with Crippen molar-refractivity contribution in [2.24, 2.45) is 0 Å². The molecule has 154 valence electrons. The van der Waals surface area contributed by atoms with Gasteiger partial charge in [0.2, 0.25) is 0 Å². The van der Waals surface area contributed by atoms with E-state index in [0.717, 1.165) is 58.5 Å². The number of aromatic nitrogens is 4. The number of thiazole rings is 1. The van der Waals surface area contributed by atoms with Crippen LogP contribution in [0.2, 0.25) is 0 Å². The summed E-state index contributed by atoms with van der Waals surface area (Å²) in [5.74, 6) is 2.55. The molecule has 0 N–H and O–H groups in total. The summed E-state index contributed by atoms with van der Waals surface area (Å²) in [7, 11) is 0. The molecule has 1 aromatic carbocycles. The molecule has 0 unspecified atom stereocenters. The predicted octanol–water partition coefficient (Wildman–Crippen LogP) is 5.26. The first-order valence-corrected chi connectivity index (χ1v) is 12.1. The highest BCUT2D eigenvalue weighted by molar-refractivity contribution is 7.98. The fourth-order valence-corrected chi connectivity index (χ4v) is 5.43. The summed E-state index contributed by atoms with van der Waals surface area (Å²) in [6.45, 7) is 3.11. The zero-order valence-electron chi connectivity index (χ0n) is 16.6. The van der Waals surface area contributed by atoms with Gasteiger partial charge in [-0.15, -0.1) is 21.5 Å². The van der Waals surface area contributed by atoms with E-state index in [2.05, 4.69) is 49.3 Å². The van der Waals surface area contributed by atoms with Crippen molar-refractivity contribution in [2.75, 3.05) is 13.1 Å². The largest absolute Gasteiger partial charge is 0.462 e. The van der Waals surface area contributed by atoms with Crippen LogP contribution in [-0.2, 0) is 12.3 Å². The van der Waals surface area contributed by atoms with Crippen LogP contribution in [-0.4, -0.2) is 37.7 Å². The topological polar surface area (TPSA) is 60.0 Å². The van der Waals surface area contributed by atoms with Crippen LogP contribution in [0.5, 0.6) is 0 Å². The molecule has 0 aliphatic carbocycles. The van der Waals surface area contributed by atoms with Gasteiger partial charge in [0.15, 0.2) is 21.7 Å². The van der Waals surface area contributed by atoms with Crippen molar-refractivity contribution in [2.45, 2.75) is 36.7 Å². The van der Waals surface area contributed by atoms with Crippen molar-refractivity contribution >= 4 is 23.1 Å². The molecule has 0 saturated carbocycles. The molecule has 0 radical (unpaired) electrons. The molecule has 6 nitrogen and oxygen atoms in total. The van der Waals surface area contributed by atoms with Crippen LogP contribution in [0.4, 0.5) is 0 Å². The number of furan rings is 1. The SMILES string of the molecule is c1ccc(-n2c(CN3CCCCC3)nnc2SCc2csc(-c3ccco3)n2)cc1. The van der Waals surface area contributed by atoms with Crippen LogP contribution >= 0.6 is 23.1 Å². The van der Waals surface area contributed by atoms with E-state index in [1.807, 2.05) is 18.2 Å². The Morgan fingerprint density at radius 1 is 1.00 bits per heavy atom. The molecule has 4 aromatic rings. The Labute approximate surface area is 184 Å². The molecule has 0 amide bonds. The summed E-state index contributed by atoms with van der Waals surface area (Å²) < 4.78 is 7.65. The first-order valence-electron chi connectivity index (χ1n) is 10.2. The summed E-state index contributed by atoms with van der Waals surface area (Å²) >= 11 is 3.28. The number of para-hydroxylation sites is 1. The van der Waals surface area contributed by atoms with Crippen LogP contribution in [0.15, 0.2) is 63.7 Å². The van der Waals surface area contributed by atoms with Crippen molar-refractivity contribution in [3.63, 3.8) is 0 Å². The molecule has 3 aromatic heterocycles. The third-order valence-electron chi connectivity index (χ3n) is 5.16. The highest BCUT2D eigenvalue weighted by Crippen LogP contribution is 2.29. The maximum absolute atomic E-state index is 5.46. The quantitative estimate of drug-likeness (QED) is 0.368. The van der Waals surface area contributed by atoms with Gasteiger partial charge in [0.1, 0.15) is 0 Å². The number of hydrogen-bond donors (Lipinski definition) is 0. The van der Waals surface area contributed by atoms with Gasteiger partial charge in [0.05, 0.1) is 18.5 Å². The third-order valence-corrected chi connectivity index (χ3v) is 7.03. The Morgan fingerprint density at radius 3 is 2.67 bits per heavy atom. The van der Waals surface area contributed by atoms with Crippen LogP contribution in [0.25, 0.3) is 16.5 Å². The van der Waals surface area contributed by atoms with E-state index in [0.29, 0.717) is 0 Å². The average molecular weight is 438 g/mol. The lowest BCUT2D eigenvalue weighted by Gasteiger charge is -2.26. The van der Waals surface area contributed by atoms with E-state index < -0.39 is 0 Å². The van der Waals surface area contributed by atoms with Gasteiger partial charge in [-0.3, -0.25) is 9.47 Å². The fraction of sp³-hybridized carbons (Fsp3) is 0.318. The lowest BCUT2D eigenvalue weighted by molar-refractivity contribution is 0.214. The van der Waals surface area contributed by atoms with Crippen LogP contribution in [0, 0.1) is 0 Å². The van der Waals surface area contributed by atoms with Gasteiger partial charge in [-0.1, -0.05) is 36.4 Å². The standard InChI is InChI=1S/C22H23N5OS2/c1-3-8-18(9-4-1)27-20(14-26-11-5-2-6-12-26)24-25-22(27)30-16-17-15-29-21(23-17)19-10-7-13-28-19/h1,3-4,7-10,13,15H,2,5-6,11-12,14,16H2. The normalized spacial score (nSPS) is 14.9. The summed E-state index contributed by atoms with van der Waals surface area (Å²) in [5.41, 5.74) is 2.13. The number of hydrogen-bond acceptors (Lipinski definition) is 7. The zero-order chi connectivity index (χ0) is 20.2. The van der Waals surface area contributed by atoms with E-state index in [1.54, 1.807) is 29.4 Å². The van der Waals surface area contributed by atoms with Gasteiger partial charge in [-0.05, 0) is 50.2 Å². The minimum Gasteiger partial charge on any atom is -0.462 e.